The Morgan fingerprint density at radius 1 is 1.17 bits per heavy atom. The van der Waals surface area contributed by atoms with E-state index >= 15 is 0 Å². The topological polar surface area (TPSA) is 77.8 Å². The van der Waals surface area contributed by atoms with E-state index in [1.54, 1.807) is 6.07 Å². The van der Waals surface area contributed by atoms with Gasteiger partial charge in [-0.2, -0.15) is 0 Å². The first kappa shape index (κ1) is 13.2. The molecule has 2 N–H and O–H groups in total. The molecule has 1 heterocycles. The Balaban J connectivity index is 2.20. The lowest BCUT2D eigenvalue weighted by atomic mass is 10.0. The average molecular weight is 271 g/mol. The van der Waals surface area contributed by atoms with Gasteiger partial charge in [0.05, 0.1) is 17.1 Å². The molecule has 1 unspecified atom stereocenters. The maximum absolute atomic E-state index is 11.4. The van der Waals surface area contributed by atoms with Gasteiger partial charge in [0.1, 0.15) is 11.5 Å². The quantitative estimate of drug-likeness (QED) is 0.835. The number of aromatic hydroxyl groups is 2. The van der Waals surface area contributed by atoms with Crippen molar-refractivity contribution in [2.45, 2.75) is 13.0 Å². The van der Waals surface area contributed by atoms with Crippen molar-refractivity contribution in [2.24, 2.45) is 0 Å². The lowest BCUT2D eigenvalue weighted by molar-refractivity contribution is 0.220. The molecule has 18 heavy (non-hydrogen) atoms. The molecule has 0 amide bonds. The molecule has 1 aliphatic heterocycles. The van der Waals surface area contributed by atoms with Gasteiger partial charge in [-0.3, -0.25) is 4.90 Å². The van der Waals surface area contributed by atoms with Crippen molar-refractivity contribution < 1.29 is 18.6 Å². The van der Waals surface area contributed by atoms with Gasteiger partial charge >= 0.3 is 0 Å². The fraction of sp³-hybridized carbons (Fsp3) is 0.500. The van der Waals surface area contributed by atoms with Crippen molar-refractivity contribution in [1.82, 2.24) is 4.90 Å². The zero-order valence-corrected chi connectivity index (χ0v) is 11.0. The van der Waals surface area contributed by atoms with Gasteiger partial charge in [0.25, 0.3) is 0 Å². The van der Waals surface area contributed by atoms with E-state index in [2.05, 4.69) is 0 Å². The molecule has 1 fully saturated rings. The maximum atomic E-state index is 11.4. The minimum atomic E-state index is -2.92. The van der Waals surface area contributed by atoms with Crippen LogP contribution in [0.2, 0.25) is 0 Å². The van der Waals surface area contributed by atoms with Gasteiger partial charge in [-0.1, -0.05) is 6.07 Å². The molecule has 0 spiro atoms. The van der Waals surface area contributed by atoms with Crippen LogP contribution in [-0.4, -0.2) is 48.1 Å². The van der Waals surface area contributed by atoms with Gasteiger partial charge in [-0.25, -0.2) is 8.42 Å². The lowest BCUT2D eigenvalue weighted by Crippen LogP contribution is -2.41. The minimum Gasteiger partial charge on any atom is -0.507 e. The molecule has 1 atom stereocenters. The number of benzene rings is 1. The summed E-state index contributed by atoms with van der Waals surface area (Å²) >= 11 is 0. The summed E-state index contributed by atoms with van der Waals surface area (Å²) in [5.74, 6) is 0.337. The summed E-state index contributed by atoms with van der Waals surface area (Å²) in [5, 5.41) is 19.6. The third-order valence-electron chi connectivity index (χ3n) is 3.40. The summed E-state index contributed by atoms with van der Waals surface area (Å²) in [7, 11) is -2.92. The Labute approximate surface area is 107 Å². The Bertz CT molecular complexity index is 507. The molecule has 2 rings (SSSR count). The second-order valence-corrected chi connectivity index (χ2v) is 6.88. The van der Waals surface area contributed by atoms with Crippen LogP contribution in [-0.2, 0) is 9.84 Å². The third kappa shape index (κ3) is 2.59. The van der Waals surface area contributed by atoms with E-state index in [0.29, 0.717) is 18.7 Å². The maximum Gasteiger partial charge on any atom is 0.152 e. The number of sulfone groups is 1. The van der Waals surface area contributed by atoms with Crippen LogP contribution >= 0.6 is 0 Å². The van der Waals surface area contributed by atoms with Crippen molar-refractivity contribution in [3.8, 4) is 11.5 Å². The molecule has 0 aromatic heterocycles. The van der Waals surface area contributed by atoms with Crippen molar-refractivity contribution in [1.29, 1.82) is 0 Å². The summed E-state index contributed by atoms with van der Waals surface area (Å²) in [4.78, 5) is 1.95. The highest BCUT2D eigenvalue weighted by Crippen LogP contribution is 2.35. The molecule has 1 aromatic rings. The van der Waals surface area contributed by atoms with Crippen LogP contribution in [0.25, 0.3) is 0 Å². The molecule has 1 aliphatic rings. The Morgan fingerprint density at radius 2 is 1.67 bits per heavy atom. The lowest BCUT2D eigenvalue weighted by Gasteiger charge is -2.32. The summed E-state index contributed by atoms with van der Waals surface area (Å²) in [6.45, 7) is 2.71. The number of phenolic OH excluding ortho intramolecular Hbond substituents is 2. The molecular weight excluding hydrogens is 254 g/mol. The predicted molar refractivity (Wildman–Crippen MR) is 68.4 cm³/mol. The highest BCUT2D eigenvalue weighted by molar-refractivity contribution is 7.91. The van der Waals surface area contributed by atoms with E-state index in [1.807, 2.05) is 11.8 Å². The second-order valence-electron chi connectivity index (χ2n) is 4.57. The van der Waals surface area contributed by atoms with E-state index in [0.717, 1.165) is 0 Å². The zero-order valence-electron chi connectivity index (χ0n) is 10.2. The smallest absolute Gasteiger partial charge is 0.152 e. The van der Waals surface area contributed by atoms with E-state index in [4.69, 9.17) is 0 Å². The molecule has 1 saturated heterocycles. The molecule has 5 nitrogen and oxygen atoms in total. The number of nitrogens with zero attached hydrogens (tertiary/aromatic N) is 1. The zero-order chi connectivity index (χ0) is 13.3. The molecule has 6 heteroatoms. The van der Waals surface area contributed by atoms with Crippen LogP contribution in [0.1, 0.15) is 18.5 Å². The molecule has 1 aromatic carbocycles. The van der Waals surface area contributed by atoms with Crippen molar-refractivity contribution in [2.75, 3.05) is 24.6 Å². The van der Waals surface area contributed by atoms with Gasteiger partial charge in [-0.05, 0) is 19.1 Å². The first-order valence-electron chi connectivity index (χ1n) is 5.86. The fourth-order valence-electron chi connectivity index (χ4n) is 2.27. The largest absolute Gasteiger partial charge is 0.507 e. The molecule has 0 aliphatic carbocycles. The normalized spacial score (nSPS) is 21.6. The monoisotopic (exact) mass is 271 g/mol. The van der Waals surface area contributed by atoms with Crippen molar-refractivity contribution in [3.05, 3.63) is 23.8 Å². The Morgan fingerprint density at radius 3 is 2.17 bits per heavy atom. The van der Waals surface area contributed by atoms with Crippen LogP contribution in [0.15, 0.2) is 18.2 Å². The standard InChI is InChI=1S/C12H17NO4S/c1-9(12-10(14)3-2-4-11(12)15)13-5-7-18(16,17)8-6-13/h2-4,9,14-15H,5-8H2,1H3. The Hall–Kier alpha value is -1.27. The predicted octanol–water partition coefficient (Wildman–Crippen LogP) is 0.889. The van der Waals surface area contributed by atoms with Gasteiger partial charge in [0, 0.05) is 19.1 Å². The van der Waals surface area contributed by atoms with Crippen LogP contribution in [0.3, 0.4) is 0 Å². The minimum absolute atomic E-state index is 0.0379. The summed E-state index contributed by atoms with van der Waals surface area (Å²) in [5.41, 5.74) is 0.455. The van der Waals surface area contributed by atoms with E-state index in [-0.39, 0.29) is 29.0 Å². The second kappa shape index (κ2) is 4.78. The Kier molecular flexibility index (Phi) is 3.49. The summed E-state index contributed by atoms with van der Waals surface area (Å²) < 4.78 is 22.7. The van der Waals surface area contributed by atoms with Crippen LogP contribution in [0, 0.1) is 0 Å². The fourth-order valence-corrected chi connectivity index (χ4v) is 3.50. The van der Waals surface area contributed by atoms with E-state index < -0.39 is 9.84 Å². The number of hydrogen-bond donors (Lipinski definition) is 2. The SMILES string of the molecule is CC(c1c(O)cccc1O)N1CCS(=O)(=O)CC1. The average Bonchev–Trinajstić information content (AvgIpc) is 2.28. The van der Waals surface area contributed by atoms with E-state index in [9.17, 15) is 18.6 Å². The molecular formula is C12H17NO4S. The summed E-state index contributed by atoms with van der Waals surface area (Å²) in [6.07, 6.45) is 0. The third-order valence-corrected chi connectivity index (χ3v) is 5.01. The van der Waals surface area contributed by atoms with Gasteiger partial charge in [-0.15, -0.1) is 0 Å². The molecule has 100 valence electrons. The summed E-state index contributed by atoms with van der Waals surface area (Å²) in [6, 6.07) is 4.40. The van der Waals surface area contributed by atoms with Gasteiger partial charge in [0.15, 0.2) is 9.84 Å². The highest BCUT2D eigenvalue weighted by Gasteiger charge is 2.28. The number of rotatable bonds is 2. The first-order chi connectivity index (χ1) is 8.41. The number of phenols is 2. The highest BCUT2D eigenvalue weighted by atomic mass is 32.2. The van der Waals surface area contributed by atoms with Crippen LogP contribution in [0.5, 0.6) is 11.5 Å². The molecule has 0 bridgehead atoms. The molecule has 0 saturated carbocycles. The van der Waals surface area contributed by atoms with Crippen LogP contribution in [0.4, 0.5) is 0 Å². The molecule has 0 radical (unpaired) electrons. The van der Waals surface area contributed by atoms with Crippen molar-refractivity contribution in [3.63, 3.8) is 0 Å². The van der Waals surface area contributed by atoms with E-state index in [1.165, 1.54) is 12.1 Å². The number of hydrogen-bond acceptors (Lipinski definition) is 5. The first-order valence-corrected chi connectivity index (χ1v) is 7.68. The van der Waals surface area contributed by atoms with Crippen molar-refractivity contribution >= 4 is 9.84 Å². The van der Waals surface area contributed by atoms with Gasteiger partial charge < -0.3 is 10.2 Å². The van der Waals surface area contributed by atoms with Crippen LogP contribution < -0.4 is 0 Å². The van der Waals surface area contributed by atoms with Gasteiger partial charge in [0.2, 0.25) is 0 Å².